The van der Waals surface area contributed by atoms with Gasteiger partial charge < -0.3 is 19.5 Å². The Labute approximate surface area is 176 Å². The van der Waals surface area contributed by atoms with E-state index >= 15 is 0 Å². The second-order valence-electron chi connectivity index (χ2n) is 7.33. The zero-order valence-electron chi connectivity index (χ0n) is 17.1. The molecule has 2 saturated heterocycles. The van der Waals surface area contributed by atoms with Gasteiger partial charge in [-0.1, -0.05) is 12.1 Å². The zero-order chi connectivity index (χ0) is 20.6. The number of nitrogens with one attached hydrogen (secondary N) is 1. The molecular formula is C21H30N2O5S. The van der Waals surface area contributed by atoms with Gasteiger partial charge in [0.15, 0.2) is 0 Å². The van der Waals surface area contributed by atoms with Crippen molar-refractivity contribution in [3.8, 4) is 0 Å². The van der Waals surface area contributed by atoms with E-state index in [1.807, 2.05) is 18.2 Å². The van der Waals surface area contributed by atoms with E-state index in [4.69, 9.17) is 14.2 Å². The van der Waals surface area contributed by atoms with Crippen molar-refractivity contribution in [1.82, 2.24) is 10.2 Å². The maximum atomic E-state index is 13.0. The maximum absolute atomic E-state index is 13.0. The van der Waals surface area contributed by atoms with Crippen LogP contribution in [0.4, 0.5) is 0 Å². The summed E-state index contributed by atoms with van der Waals surface area (Å²) >= 11 is 1.34. The molecule has 2 fully saturated rings. The third-order valence-corrected chi connectivity index (χ3v) is 6.62. The average Bonchev–Trinajstić information content (AvgIpc) is 3.28. The highest BCUT2D eigenvalue weighted by Gasteiger charge is 2.32. The first-order valence-corrected chi connectivity index (χ1v) is 11.0. The van der Waals surface area contributed by atoms with Crippen LogP contribution in [0.5, 0.6) is 0 Å². The summed E-state index contributed by atoms with van der Waals surface area (Å²) in [5, 5.41) is 2.74. The second-order valence-corrected chi connectivity index (χ2v) is 8.71. The topological polar surface area (TPSA) is 77.1 Å². The van der Waals surface area contributed by atoms with Gasteiger partial charge in [-0.05, 0) is 25.5 Å². The minimum absolute atomic E-state index is 0.123. The molecule has 3 atom stereocenters. The van der Waals surface area contributed by atoms with E-state index in [9.17, 15) is 9.59 Å². The van der Waals surface area contributed by atoms with Crippen molar-refractivity contribution in [1.29, 1.82) is 0 Å². The van der Waals surface area contributed by atoms with Crippen LogP contribution in [-0.4, -0.2) is 81.2 Å². The Morgan fingerprint density at radius 2 is 2.00 bits per heavy atom. The van der Waals surface area contributed by atoms with E-state index < -0.39 is 0 Å². The van der Waals surface area contributed by atoms with Crippen LogP contribution in [0.2, 0.25) is 0 Å². The van der Waals surface area contributed by atoms with Crippen LogP contribution in [-0.2, 0) is 19.0 Å². The minimum atomic E-state index is -0.384. The number of carbonyl (C=O) groups is 2. The summed E-state index contributed by atoms with van der Waals surface area (Å²) in [5.41, 5.74) is 0.580. The molecule has 1 amide bonds. The van der Waals surface area contributed by atoms with Gasteiger partial charge in [-0.15, -0.1) is 11.8 Å². The fraction of sp³-hybridized carbons (Fsp3) is 0.619. The van der Waals surface area contributed by atoms with Crippen molar-refractivity contribution >= 4 is 23.6 Å². The average molecular weight is 423 g/mol. The van der Waals surface area contributed by atoms with Crippen LogP contribution < -0.4 is 5.32 Å². The van der Waals surface area contributed by atoms with Gasteiger partial charge in [0.1, 0.15) is 5.25 Å². The largest absolute Gasteiger partial charge is 0.468 e. The summed E-state index contributed by atoms with van der Waals surface area (Å²) in [4.78, 5) is 27.9. The Balaban J connectivity index is 1.66. The lowest BCUT2D eigenvalue weighted by atomic mass is 9.96. The molecule has 7 nitrogen and oxygen atoms in total. The molecule has 0 spiro atoms. The molecule has 0 radical (unpaired) electrons. The molecule has 1 aromatic carbocycles. The molecule has 2 heterocycles. The molecule has 0 aliphatic carbocycles. The number of benzene rings is 1. The summed E-state index contributed by atoms with van der Waals surface area (Å²) in [5.74, 6) is -0.0152. The van der Waals surface area contributed by atoms with E-state index in [2.05, 4.69) is 10.2 Å². The van der Waals surface area contributed by atoms with Crippen molar-refractivity contribution in [3.05, 3.63) is 29.8 Å². The van der Waals surface area contributed by atoms with Gasteiger partial charge in [-0.3, -0.25) is 14.5 Å². The molecule has 2 aliphatic rings. The molecule has 29 heavy (non-hydrogen) atoms. The standard InChI is InChI=1S/C21H30N2O5S/c1-15(21(25)26-2)29-19-6-4-3-5-17(19)20(24)22-13-18(16-7-10-28-14-16)23-8-11-27-12-9-23/h3-6,15-16,18H,7-14H2,1-2H3,(H,22,24). The number of ether oxygens (including phenoxy) is 3. The zero-order valence-corrected chi connectivity index (χ0v) is 17.9. The molecule has 1 aromatic rings. The summed E-state index contributed by atoms with van der Waals surface area (Å²) in [7, 11) is 1.37. The van der Waals surface area contributed by atoms with Gasteiger partial charge in [0.2, 0.25) is 0 Å². The molecule has 2 aliphatic heterocycles. The molecule has 0 aromatic heterocycles. The Morgan fingerprint density at radius 1 is 1.24 bits per heavy atom. The Bertz CT molecular complexity index is 689. The summed E-state index contributed by atoms with van der Waals surface area (Å²) in [6.45, 7) is 7.07. The number of morpholine rings is 1. The molecule has 160 valence electrons. The molecule has 3 rings (SSSR count). The van der Waals surface area contributed by atoms with Crippen molar-refractivity contribution in [2.24, 2.45) is 5.92 Å². The maximum Gasteiger partial charge on any atom is 0.318 e. The first kappa shape index (κ1) is 22.1. The van der Waals surface area contributed by atoms with Crippen LogP contribution >= 0.6 is 11.8 Å². The quantitative estimate of drug-likeness (QED) is 0.506. The summed E-state index contributed by atoms with van der Waals surface area (Å²) < 4.78 is 15.9. The Kier molecular flexibility index (Phi) is 8.35. The van der Waals surface area contributed by atoms with Gasteiger partial charge in [0.05, 0.1) is 32.5 Å². The lowest BCUT2D eigenvalue weighted by Crippen LogP contribution is -2.52. The van der Waals surface area contributed by atoms with Gasteiger partial charge in [0, 0.05) is 43.1 Å². The summed E-state index contributed by atoms with van der Waals surface area (Å²) in [6.07, 6.45) is 1.01. The van der Waals surface area contributed by atoms with Crippen molar-refractivity contribution in [2.75, 3.05) is 53.2 Å². The SMILES string of the molecule is COC(=O)C(C)Sc1ccccc1C(=O)NCC(C1CCOC1)N1CCOCC1. The third kappa shape index (κ3) is 5.94. The van der Waals surface area contributed by atoms with E-state index in [0.717, 1.165) is 50.8 Å². The van der Waals surface area contributed by atoms with E-state index in [1.54, 1.807) is 13.0 Å². The number of esters is 1. The first-order chi connectivity index (χ1) is 14.1. The normalized spacial score (nSPS) is 22.1. The highest BCUT2D eigenvalue weighted by atomic mass is 32.2. The fourth-order valence-electron chi connectivity index (χ4n) is 3.81. The number of amides is 1. The third-order valence-electron chi connectivity index (χ3n) is 5.46. The van der Waals surface area contributed by atoms with Crippen molar-refractivity contribution in [2.45, 2.75) is 29.5 Å². The van der Waals surface area contributed by atoms with Crippen LogP contribution in [0.25, 0.3) is 0 Å². The van der Waals surface area contributed by atoms with Crippen molar-refractivity contribution < 1.29 is 23.8 Å². The van der Waals surface area contributed by atoms with Gasteiger partial charge in [-0.25, -0.2) is 0 Å². The lowest BCUT2D eigenvalue weighted by Gasteiger charge is -2.37. The second kappa shape index (κ2) is 11.0. The number of hydrogen-bond acceptors (Lipinski definition) is 7. The number of rotatable bonds is 8. The van der Waals surface area contributed by atoms with Gasteiger partial charge in [-0.2, -0.15) is 0 Å². The van der Waals surface area contributed by atoms with E-state index in [0.29, 0.717) is 18.0 Å². The number of carbonyl (C=O) groups excluding carboxylic acids is 2. The number of nitrogens with zero attached hydrogens (tertiary/aromatic N) is 1. The first-order valence-electron chi connectivity index (χ1n) is 10.1. The van der Waals surface area contributed by atoms with Gasteiger partial charge >= 0.3 is 5.97 Å². The highest BCUT2D eigenvalue weighted by Crippen LogP contribution is 2.28. The predicted octanol–water partition coefficient (Wildman–Crippen LogP) is 1.81. The number of hydrogen-bond donors (Lipinski definition) is 1. The van der Waals surface area contributed by atoms with Crippen LogP contribution in [0.15, 0.2) is 29.2 Å². The van der Waals surface area contributed by atoms with Gasteiger partial charge in [0.25, 0.3) is 5.91 Å². The number of thioether (sulfide) groups is 1. The smallest absolute Gasteiger partial charge is 0.318 e. The van der Waals surface area contributed by atoms with Crippen LogP contribution in [0.3, 0.4) is 0 Å². The Morgan fingerprint density at radius 3 is 2.69 bits per heavy atom. The molecule has 8 heteroatoms. The molecular weight excluding hydrogens is 392 g/mol. The molecule has 0 saturated carbocycles. The molecule has 1 N–H and O–H groups in total. The molecule has 0 bridgehead atoms. The minimum Gasteiger partial charge on any atom is -0.468 e. The van der Waals surface area contributed by atoms with E-state index in [1.165, 1.54) is 18.9 Å². The fourth-order valence-corrected chi connectivity index (χ4v) is 4.83. The number of methoxy groups -OCH3 is 1. The summed E-state index contributed by atoms with van der Waals surface area (Å²) in [6, 6.07) is 7.61. The van der Waals surface area contributed by atoms with Crippen LogP contribution in [0, 0.1) is 5.92 Å². The van der Waals surface area contributed by atoms with E-state index in [-0.39, 0.29) is 23.2 Å². The van der Waals surface area contributed by atoms with Crippen LogP contribution in [0.1, 0.15) is 23.7 Å². The lowest BCUT2D eigenvalue weighted by molar-refractivity contribution is -0.139. The molecule has 3 unspecified atom stereocenters. The monoisotopic (exact) mass is 422 g/mol. The predicted molar refractivity (Wildman–Crippen MR) is 111 cm³/mol. The Hall–Kier alpha value is -1.61. The van der Waals surface area contributed by atoms with Crippen molar-refractivity contribution in [3.63, 3.8) is 0 Å². The highest BCUT2D eigenvalue weighted by molar-refractivity contribution is 8.00.